The summed E-state index contributed by atoms with van der Waals surface area (Å²) in [5, 5.41) is 13.4. The number of imide groups is 1. The smallest absolute Gasteiger partial charge is 0.314 e. The summed E-state index contributed by atoms with van der Waals surface area (Å²) in [6.45, 7) is 0.490. The lowest BCUT2D eigenvalue weighted by molar-refractivity contribution is -0.136. The number of nitrogens with zero attached hydrogens (tertiary/aromatic N) is 1. The molecule has 0 saturated carbocycles. The molecule has 0 saturated heterocycles. The minimum atomic E-state index is -0.993. The van der Waals surface area contributed by atoms with Gasteiger partial charge in [-0.3, -0.25) is 19.3 Å². The van der Waals surface area contributed by atoms with E-state index in [0.717, 1.165) is 9.37 Å². The van der Waals surface area contributed by atoms with Gasteiger partial charge in [-0.15, -0.1) is 0 Å². The van der Waals surface area contributed by atoms with Crippen molar-refractivity contribution in [1.82, 2.24) is 15.5 Å². The summed E-state index contributed by atoms with van der Waals surface area (Å²) >= 11 is 3.27. The van der Waals surface area contributed by atoms with Crippen LogP contribution in [-0.2, 0) is 4.79 Å². The normalized spacial score (nSPS) is 13.0. The Kier molecular flexibility index (Phi) is 5.91. The summed E-state index contributed by atoms with van der Waals surface area (Å²) < 4.78 is 0.726. The van der Waals surface area contributed by atoms with E-state index in [1.54, 1.807) is 18.2 Å². The Labute approximate surface area is 146 Å². The van der Waals surface area contributed by atoms with Crippen molar-refractivity contribution >= 4 is 39.7 Å². The average Bonchev–Trinajstić information content (AvgIpc) is 2.75. The van der Waals surface area contributed by atoms with Crippen LogP contribution < -0.4 is 10.6 Å². The molecule has 1 aliphatic heterocycles. The Morgan fingerprint density at radius 1 is 1.08 bits per heavy atom. The topological polar surface area (TPSA) is 116 Å². The van der Waals surface area contributed by atoms with Gasteiger partial charge in [0, 0.05) is 24.1 Å². The molecule has 0 radical (unpaired) electrons. The van der Waals surface area contributed by atoms with Gasteiger partial charge in [-0.05, 0) is 24.6 Å². The first-order chi connectivity index (χ1) is 11.4. The first-order valence-electron chi connectivity index (χ1n) is 7.29. The number of carbonyl (C=O) groups excluding carboxylic acids is 3. The number of rotatable bonds is 7. The Morgan fingerprint density at radius 2 is 1.75 bits per heavy atom. The summed E-state index contributed by atoms with van der Waals surface area (Å²) in [5.74, 6) is -1.68. The molecule has 0 bridgehead atoms. The van der Waals surface area contributed by atoms with Crippen LogP contribution in [0.4, 0.5) is 4.79 Å². The summed E-state index contributed by atoms with van der Waals surface area (Å²) in [7, 11) is 0. The lowest BCUT2D eigenvalue weighted by Gasteiger charge is -2.14. The average molecular weight is 398 g/mol. The molecule has 0 aliphatic carbocycles. The van der Waals surface area contributed by atoms with Gasteiger partial charge in [0.15, 0.2) is 0 Å². The van der Waals surface area contributed by atoms with Crippen molar-refractivity contribution in [2.45, 2.75) is 12.8 Å². The molecule has 4 amide bonds. The zero-order valence-corrected chi connectivity index (χ0v) is 14.3. The van der Waals surface area contributed by atoms with Gasteiger partial charge in [-0.1, -0.05) is 15.9 Å². The number of carboxylic acid groups (broad SMARTS) is 1. The highest BCUT2D eigenvalue weighted by Gasteiger charge is 2.34. The number of amides is 4. The van der Waals surface area contributed by atoms with E-state index in [0.29, 0.717) is 17.5 Å². The zero-order valence-electron chi connectivity index (χ0n) is 12.7. The van der Waals surface area contributed by atoms with Gasteiger partial charge in [-0.2, -0.15) is 0 Å². The number of urea groups is 1. The second kappa shape index (κ2) is 7.91. The van der Waals surface area contributed by atoms with E-state index in [-0.39, 0.29) is 37.9 Å². The van der Waals surface area contributed by atoms with Gasteiger partial charge >= 0.3 is 12.0 Å². The highest BCUT2D eigenvalue weighted by atomic mass is 79.9. The second-order valence-corrected chi connectivity index (χ2v) is 6.05. The van der Waals surface area contributed by atoms with Gasteiger partial charge < -0.3 is 15.7 Å². The maximum absolute atomic E-state index is 12.2. The molecular weight excluding hydrogens is 382 g/mol. The molecule has 1 aromatic rings. The van der Waals surface area contributed by atoms with Crippen molar-refractivity contribution in [2.24, 2.45) is 0 Å². The van der Waals surface area contributed by atoms with Crippen molar-refractivity contribution in [3.63, 3.8) is 0 Å². The van der Waals surface area contributed by atoms with E-state index in [1.807, 2.05) is 0 Å². The third-order valence-corrected chi connectivity index (χ3v) is 3.89. The number of hydrogen-bond acceptors (Lipinski definition) is 4. The summed E-state index contributed by atoms with van der Waals surface area (Å²) in [6, 6.07) is 4.44. The minimum Gasteiger partial charge on any atom is -0.481 e. The zero-order chi connectivity index (χ0) is 17.7. The monoisotopic (exact) mass is 397 g/mol. The highest BCUT2D eigenvalue weighted by Crippen LogP contribution is 2.25. The van der Waals surface area contributed by atoms with Crippen LogP contribution in [-0.4, -0.2) is 53.5 Å². The van der Waals surface area contributed by atoms with Crippen LogP contribution >= 0.6 is 15.9 Å². The van der Waals surface area contributed by atoms with Gasteiger partial charge in [0.1, 0.15) is 0 Å². The summed E-state index contributed by atoms with van der Waals surface area (Å²) in [5.41, 5.74) is 0.747. The minimum absolute atomic E-state index is 0.0362. The van der Waals surface area contributed by atoms with E-state index >= 15 is 0 Å². The van der Waals surface area contributed by atoms with Crippen LogP contribution in [0.25, 0.3) is 0 Å². The lowest BCUT2D eigenvalue weighted by Crippen LogP contribution is -2.38. The van der Waals surface area contributed by atoms with Crippen LogP contribution in [0.5, 0.6) is 0 Å². The Morgan fingerprint density at radius 3 is 2.46 bits per heavy atom. The van der Waals surface area contributed by atoms with Crippen LogP contribution in [0.2, 0.25) is 0 Å². The van der Waals surface area contributed by atoms with E-state index in [4.69, 9.17) is 5.11 Å². The third-order valence-electron chi connectivity index (χ3n) is 3.40. The van der Waals surface area contributed by atoms with Gasteiger partial charge in [0.25, 0.3) is 11.8 Å². The maximum Gasteiger partial charge on any atom is 0.314 e. The van der Waals surface area contributed by atoms with Crippen molar-refractivity contribution in [3.8, 4) is 0 Å². The van der Waals surface area contributed by atoms with Gasteiger partial charge in [0.2, 0.25) is 0 Å². The summed E-state index contributed by atoms with van der Waals surface area (Å²) in [4.78, 5) is 47.3. The van der Waals surface area contributed by atoms with Crippen LogP contribution in [0.3, 0.4) is 0 Å². The maximum atomic E-state index is 12.2. The molecule has 0 unspecified atom stereocenters. The quantitative estimate of drug-likeness (QED) is 0.472. The molecule has 0 aromatic heterocycles. The van der Waals surface area contributed by atoms with Gasteiger partial charge in [-0.25, -0.2) is 4.79 Å². The number of fused-ring (bicyclic) bond motifs is 1. The molecule has 1 aliphatic rings. The first-order valence-corrected chi connectivity index (χ1v) is 8.08. The molecule has 128 valence electrons. The SMILES string of the molecule is O=C(O)CCNC(=O)NCCCN1C(=O)c2ccc(Br)cc2C1=O. The molecular formula is C15H16BrN3O5. The fourth-order valence-electron chi connectivity index (χ4n) is 2.25. The largest absolute Gasteiger partial charge is 0.481 e. The third kappa shape index (κ3) is 4.31. The molecule has 0 fully saturated rings. The van der Waals surface area contributed by atoms with Crippen molar-refractivity contribution < 1.29 is 24.3 Å². The number of aliphatic carboxylic acids is 1. The molecule has 0 atom stereocenters. The number of carbonyl (C=O) groups is 4. The number of nitrogens with one attached hydrogen (secondary N) is 2. The van der Waals surface area contributed by atoms with Crippen molar-refractivity contribution in [2.75, 3.05) is 19.6 Å². The molecule has 0 spiro atoms. The van der Waals surface area contributed by atoms with Crippen LogP contribution in [0.15, 0.2) is 22.7 Å². The van der Waals surface area contributed by atoms with E-state index in [2.05, 4.69) is 26.6 Å². The molecule has 3 N–H and O–H groups in total. The Balaban J connectivity index is 1.76. The number of halogens is 1. The first kappa shape index (κ1) is 17.9. The molecule has 8 nitrogen and oxygen atoms in total. The van der Waals surface area contributed by atoms with Crippen molar-refractivity contribution in [1.29, 1.82) is 0 Å². The highest BCUT2D eigenvalue weighted by molar-refractivity contribution is 9.10. The molecule has 9 heteroatoms. The van der Waals surface area contributed by atoms with Crippen LogP contribution in [0.1, 0.15) is 33.6 Å². The standard InChI is InChI=1S/C15H16BrN3O5/c16-9-2-3-10-11(8-9)14(23)19(13(10)22)7-1-5-17-15(24)18-6-4-12(20)21/h2-3,8H,1,4-7H2,(H,20,21)(H2,17,18,24). The van der Waals surface area contributed by atoms with E-state index < -0.39 is 12.0 Å². The molecule has 2 rings (SSSR count). The summed E-state index contributed by atoms with van der Waals surface area (Å²) in [6.07, 6.45) is 0.247. The van der Waals surface area contributed by atoms with Crippen LogP contribution in [0, 0.1) is 0 Å². The predicted octanol–water partition coefficient (Wildman–Crippen LogP) is 1.21. The molecule has 24 heavy (non-hydrogen) atoms. The number of hydrogen-bond donors (Lipinski definition) is 3. The van der Waals surface area contributed by atoms with Gasteiger partial charge in [0.05, 0.1) is 17.5 Å². The number of carboxylic acids is 1. The Bertz CT molecular complexity index is 692. The lowest BCUT2D eigenvalue weighted by atomic mass is 10.1. The van der Waals surface area contributed by atoms with E-state index in [1.165, 1.54) is 0 Å². The molecule has 1 aromatic carbocycles. The predicted molar refractivity (Wildman–Crippen MR) is 87.8 cm³/mol. The van der Waals surface area contributed by atoms with Crippen molar-refractivity contribution in [3.05, 3.63) is 33.8 Å². The van der Waals surface area contributed by atoms with E-state index in [9.17, 15) is 19.2 Å². The number of benzene rings is 1. The Hall–Kier alpha value is -2.42. The fraction of sp³-hybridized carbons (Fsp3) is 0.333. The fourth-order valence-corrected chi connectivity index (χ4v) is 2.61. The second-order valence-electron chi connectivity index (χ2n) is 5.13. The molecule has 1 heterocycles.